The monoisotopic (exact) mass is 180 g/mol. The van der Waals surface area contributed by atoms with Gasteiger partial charge in [-0.15, -0.1) is 0 Å². The maximum Gasteiger partial charge on any atom is 0.152 e. The van der Waals surface area contributed by atoms with Crippen molar-refractivity contribution in [3.63, 3.8) is 0 Å². The normalized spacial score (nSPS) is 14.2. The molecular formula is C11H16O2. The van der Waals surface area contributed by atoms with Crippen LogP contribution < -0.4 is 0 Å². The summed E-state index contributed by atoms with van der Waals surface area (Å²) >= 11 is 0. The largest absolute Gasteiger partial charge is 0.368 e. The molecule has 2 heteroatoms. The lowest BCUT2D eigenvalue weighted by Gasteiger charge is -2.27. The first-order valence-corrected chi connectivity index (χ1v) is 4.44. The van der Waals surface area contributed by atoms with E-state index >= 15 is 0 Å². The average molecular weight is 180 g/mol. The Bertz CT molecular complexity index is 252. The van der Waals surface area contributed by atoms with Crippen LogP contribution in [0.1, 0.15) is 26.3 Å². The van der Waals surface area contributed by atoms with Crippen LogP contribution in [-0.4, -0.2) is 11.4 Å². The van der Waals surface area contributed by atoms with Gasteiger partial charge in [0.15, 0.2) is 6.29 Å². The molecule has 2 nitrogen and oxygen atoms in total. The molecule has 1 aromatic rings. The summed E-state index contributed by atoms with van der Waals surface area (Å²) in [5.74, 6) is 0. The number of aliphatic hydroxyl groups excluding tert-OH is 1. The minimum atomic E-state index is -0.741. The maximum absolute atomic E-state index is 9.13. The van der Waals surface area contributed by atoms with Gasteiger partial charge in [-0.1, -0.05) is 30.3 Å². The molecule has 0 saturated carbocycles. The van der Waals surface area contributed by atoms with E-state index in [1.165, 1.54) is 0 Å². The van der Waals surface area contributed by atoms with Crippen molar-refractivity contribution in [2.24, 2.45) is 0 Å². The highest BCUT2D eigenvalue weighted by molar-refractivity contribution is 5.20. The maximum atomic E-state index is 9.13. The second-order valence-corrected chi connectivity index (χ2v) is 3.59. The minimum absolute atomic E-state index is 0.435. The molecule has 0 saturated heterocycles. The molecule has 1 N–H and O–H groups in total. The van der Waals surface area contributed by atoms with E-state index in [-0.39, 0.29) is 0 Å². The van der Waals surface area contributed by atoms with Gasteiger partial charge in [-0.3, -0.25) is 0 Å². The van der Waals surface area contributed by atoms with E-state index < -0.39 is 11.9 Å². The quantitative estimate of drug-likeness (QED) is 0.723. The molecule has 1 rings (SSSR count). The third-order valence-corrected chi connectivity index (χ3v) is 1.93. The van der Waals surface area contributed by atoms with E-state index in [9.17, 15) is 0 Å². The van der Waals surface area contributed by atoms with Gasteiger partial charge in [0.25, 0.3) is 0 Å². The minimum Gasteiger partial charge on any atom is -0.368 e. The van der Waals surface area contributed by atoms with Crippen LogP contribution in [0.4, 0.5) is 0 Å². The standard InChI is InChI=1S/C11H16O2/c1-9(12)13-11(2,3)10-7-5-4-6-8-10/h4-9,12H,1-3H3. The van der Waals surface area contributed by atoms with Gasteiger partial charge in [-0.05, 0) is 26.3 Å². The Morgan fingerprint density at radius 3 is 2.23 bits per heavy atom. The van der Waals surface area contributed by atoms with Crippen molar-refractivity contribution in [3.05, 3.63) is 35.9 Å². The van der Waals surface area contributed by atoms with Crippen LogP contribution in [0, 0.1) is 0 Å². The van der Waals surface area contributed by atoms with Crippen LogP contribution in [0.3, 0.4) is 0 Å². The Morgan fingerprint density at radius 2 is 1.77 bits per heavy atom. The lowest BCUT2D eigenvalue weighted by atomic mass is 9.98. The SMILES string of the molecule is CC(O)OC(C)(C)c1ccccc1. The van der Waals surface area contributed by atoms with Crippen LogP contribution in [0.5, 0.6) is 0 Å². The van der Waals surface area contributed by atoms with E-state index in [0.717, 1.165) is 5.56 Å². The summed E-state index contributed by atoms with van der Waals surface area (Å²) in [6.07, 6.45) is -0.741. The molecule has 1 aromatic carbocycles. The van der Waals surface area contributed by atoms with Gasteiger partial charge in [0.05, 0.1) is 5.60 Å². The van der Waals surface area contributed by atoms with Gasteiger partial charge >= 0.3 is 0 Å². The number of aliphatic hydroxyl groups is 1. The summed E-state index contributed by atoms with van der Waals surface area (Å²) in [4.78, 5) is 0. The lowest BCUT2D eigenvalue weighted by molar-refractivity contribution is -0.166. The van der Waals surface area contributed by atoms with Crippen molar-refractivity contribution in [2.75, 3.05) is 0 Å². The molecule has 0 spiro atoms. The van der Waals surface area contributed by atoms with E-state index in [1.807, 2.05) is 44.2 Å². The summed E-state index contributed by atoms with van der Waals surface area (Å²) in [5.41, 5.74) is 0.631. The molecule has 0 fully saturated rings. The highest BCUT2D eigenvalue weighted by Gasteiger charge is 2.22. The van der Waals surface area contributed by atoms with Gasteiger partial charge in [-0.25, -0.2) is 0 Å². The summed E-state index contributed by atoms with van der Waals surface area (Å²) in [5, 5.41) is 9.13. The van der Waals surface area contributed by atoms with E-state index in [0.29, 0.717) is 0 Å². The fraction of sp³-hybridized carbons (Fsp3) is 0.455. The molecule has 0 aliphatic carbocycles. The third-order valence-electron chi connectivity index (χ3n) is 1.93. The molecule has 0 heterocycles. The average Bonchev–Trinajstić information content (AvgIpc) is 2.04. The van der Waals surface area contributed by atoms with Crippen molar-refractivity contribution in [2.45, 2.75) is 32.7 Å². The first-order valence-electron chi connectivity index (χ1n) is 4.44. The molecular weight excluding hydrogens is 164 g/mol. The van der Waals surface area contributed by atoms with Gasteiger partial charge in [0.1, 0.15) is 0 Å². The van der Waals surface area contributed by atoms with Gasteiger partial charge in [-0.2, -0.15) is 0 Å². The Morgan fingerprint density at radius 1 is 1.23 bits per heavy atom. The Hall–Kier alpha value is -0.860. The molecule has 13 heavy (non-hydrogen) atoms. The smallest absolute Gasteiger partial charge is 0.152 e. The molecule has 0 aromatic heterocycles. The van der Waals surface area contributed by atoms with Crippen molar-refractivity contribution < 1.29 is 9.84 Å². The number of ether oxygens (including phenoxy) is 1. The number of hydrogen-bond acceptors (Lipinski definition) is 2. The molecule has 0 bridgehead atoms. The molecule has 1 unspecified atom stereocenters. The number of benzene rings is 1. The number of hydrogen-bond donors (Lipinski definition) is 1. The van der Waals surface area contributed by atoms with Crippen molar-refractivity contribution in [1.82, 2.24) is 0 Å². The second kappa shape index (κ2) is 3.90. The zero-order valence-electron chi connectivity index (χ0n) is 8.32. The molecule has 0 amide bonds. The second-order valence-electron chi connectivity index (χ2n) is 3.59. The predicted octanol–water partition coefficient (Wildman–Crippen LogP) is 2.28. The van der Waals surface area contributed by atoms with Crippen LogP contribution in [-0.2, 0) is 10.3 Å². The van der Waals surface area contributed by atoms with Crippen LogP contribution in [0.2, 0.25) is 0 Å². The van der Waals surface area contributed by atoms with E-state index in [2.05, 4.69) is 0 Å². The molecule has 0 aliphatic heterocycles. The fourth-order valence-corrected chi connectivity index (χ4v) is 1.33. The number of rotatable bonds is 3. The highest BCUT2D eigenvalue weighted by Crippen LogP contribution is 2.25. The molecule has 1 atom stereocenters. The summed E-state index contributed by atoms with van der Waals surface area (Å²) in [6, 6.07) is 9.86. The summed E-state index contributed by atoms with van der Waals surface area (Å²) in [6.45, 7) is 5.49. The van der Waals surface area contributed by atoms with Crippen molar-refractivity contribution in [1.29, 1.82) is 0 Å². The molecule has 0 radical (unpaired) electrons. The lowest BCUT2D eigenvalue weighted by Crippen LogP contribution is -2.26. The predicted molar refractivity (Wildman–Crippen MR) is 52.2 cm³/mol. The highest BCUT2D eigenvalue weighted by atomic mass is 16.6. The molecule has 72 valence electrons. The van der Waals surface area contributed by atoms with E-state index in [1.54, 1.807) is 6.92 Å². The van der Waals surface area contributed by atoms with Gasteiger partial charge in [0, 0.05) is 0 Å². The third kappa shape index (κ3) is 2.83. The first-order chi connectivity index (χ1) is 6.02. The summed E-state index contributed by atoms with van der Waals surface area (Å²) in [7, 11) is 0. The van der Waals surface area contributed by atoms with Crippen molar-refractivity contribution in [3.8, 4) is 0 Å². The molecule has 0 aliphatic rings. The summed E-state index contributed by atoms with van der Waals surface area (Å²) < 4.78 is 5.38. The zero-order valence-corrected chi connectivity index (χ0v) is 8.32. The van der Waals surface area contributed by atoms with Crippen LogP contribution >= 0.6 is 0 Å². The Balaban J connectivity index is 2.81. The topological polar surface area (TPSA) is 29.5 Å². The first kappa shape index (κ1) is 10.2. The van der Waals surface area contributed by atoms with Gasteiger partial charge < -0.3 is 9.84 Å². The van der Waals surface area contributed by atoms with Crippen LogP contribution in [0.15, 0.2) is 30.3 Å². The fourth-order valence-electron chi connectivity index (χ4n) is 1.33. The van der Waals surface area contributed by atoms with Crippen LogP contribution in [0.25, 0.3) is 0 Å². The van der Waals surface area contributed by atoms with E-state index in [4.69, 9.17) is 9.84 Å². The van der Waals surface area contributed by atoms with Crippen molar-refractivity contribution >= 4 is 0 Å². The van der Waals surface area contributed by atoms with Gasteiger partial charge in [0.2, 0.25) is 0 Å². The Kier molecular flexibility index (Phi) is 3.07. The zero-order chi connectivity index (χ0) is 9.90. The Labute approximate surface area is 79.2 Å².